The number of anilines is 2. The number of rotatable bonds is 5. The highest BCUT2D eigenvalue weighted by Gasteiger charge is 2.50. The van der Waals surface area contributed by atoms with Crippen molar-refractivity contribution in [2.75, 3.05) is 4.90 Å². The summed E-state index contributed by atoms with van der Waals surface area (Å²) in [5.74, 6) is 0.688. The first-order valence-corrected chi connectivity index (χ1v) is 19.9. The molecular weight excluding hydrogens is 675 g/mol. The average molecular weight is 714 g/mol. The Labute approximate surface area is 320 Å². The summed E-state index contributed by atoms with van der Waals surface area (Å²) in [6.07, 6.45) is 13.0. The molecule has 0 bridgehead atoms. The number of hydrogen-bond donors (Lipinski definition) is 0. The van der Waals surface area contributed by atoms with Crippen LogP contribution in [0.25, 0.3) is 27.5 Å². The van der Waals surface area contributed by atoms with Gasteiger partial charge in [-0.15, -0.1) is 11.8 Å². The molecule has 0 fully saturated rings. The van der Waals surface area contributed by atoms with Crippen LogP contribution in [0.4, 0.5) is 11.4 Å². The van der Waals surface area contributed by atoms with Crippen molar-refractivity contribution in [2.45, 2.75) is 41.2 Å². The normalized spacial score (nSPS) is 23.6. The molecule has 0 saturated carbocycles. The second-order valence-electron chi connectivity index (χ2n) is 15.4. The van der Waals surface area contributed by atoms with Crippen LogP contribution >= 0.6 is 11.8 Å². The van der Waals surface area contributed by atoms with E-state index in [4.69, 9.17) is 4.42 Å². The van der Waals surface area contributed by atoms with Crippen molar-refractivity contribution in [3.8, 4) is 0 Å². The summed E-state index contributed by atoms with van der Waals surface area (Å²) in [6.45, 7) is 4.71. The summed E-state index contributed by atoms with van der Waals surface area (Å²) in [6, 6.07) is 53.5. The van der Waals surface area contributed by atoms with Gasteiger partial charge in [-0.25, -0.2) is 0 Å². The molecule has 2 heterocycles. The van der Waals surface area contributed by atoms with Crippen molar-refractivity contribution in [3.63, 3.8) is 0 Å². The van der Waals surface area contributed by atoms with Gasteiger partial charge in [0.2, 0.25) is 0 Å². The van der Waals surface area contributed by atoms with E-state index in [0.29, 0.717) is 5.92 Å². The Morgan fingerprint density at radius 2 is 1.48 bits per heavy atom. The molecule has 1 aliphatic heterocycles. The van der Waals surface area contributed by atoms with E-state index in [-0.39, 0.29) is 10.7 Å². The predicted molar refractivity (Wildman–Crippen MR) is 226 cm³/mol. The van der Waals surface area contributed by atoms with E-state index in [9.17, 15) is 0 Å². The van der Waals surface area contributed by atoms with E-state index in [0.717, 1.165) is 34.3 Å². The van der Waals surface area contributed by atoms with Crippen molar-refractivity contribution < 1.29 is 4.42 Å². The van der Waals surface area contributed by atoms with E-state index in [1.807, 2.05) is 11.8 Å². The van der Waals surface area contributed by atoms with Crippen LogP contribution in [0.5, 0.6) is 0 Å². The van der Waals surface area contributed by atoms with Gasteiger partial charge in [-0.05, 0) is 101 Å². The van der Waals surface area contributed by atoms with Crippen molar-refractivity contribution in [1.82, 2.24) is 0 Å². The lowest BCUT2D eigenvalue weighted by Gasteiger charge is -2.39. The minimum Gasteiger partial charge on any atom is -0.456 e. The molecule has 0 radical (unpaired) electrons. The van der Waals surface area contributed by atoms with Crippen LogP contribution < -0.4 is 4.90 Å². The highest BCUT2D eigenvalue weighted by Crippen LogP contribution is 2.61. The lowest BCUT2D eigenvalue weighted by atomic mass is 9.65. The fraction of sp³-hybridized carbons (Fsp3) is 0.137. The predicted octanol–water partition coefficient (Wildman–Crippen LogP) is 13.5. The molecule has 54 heavy (non-hydrogen) atoms. The fourth-order valence-electron chi connectivity index (χ4n) is 10.0. The molecule has 4 atom stereocenters. The third-order valence-corrected chi connectivity index (χ3v) is 13.6. The molecule has 3 heteroatoms. The molecule has 7 aromatic rings. The molecule has 0 N–H and O–H groups in total. The largest absolute Gasteiger partial charge is 0.456 e. The first-order valence-electron chi connectivity index (χ1n) is 19.1. The van der Waals surface area contributed by atoms with Gasteiger partial charge >= 0.3 is 0 Å². The van der Waals surface area contributed by atoms with Crippen molar-refractivity contribution >= 4 is 50.6 Å². The Hall–Kier alpha value is -5.77. The smallest absolute Gasteiger partial charge is 0.137 e. The van der Waals surface area contributed by atoms with Gasteiger partial charge in [-0.1, -0.05) is 134 Å². The summed E-state index contributed by atoms with van der Waals surface area (Å²) >= 11 is 1.97. The standard InChI is InChI=1S/C51H39NOS/c1-33-26-29-42-40(31-33)37-19-9-11-21-41(37)51(42,34-15-5-3-6-16-34)43-22-13-24-45-48(43)38-28-27-36(32-46(38)53-45)52(35-17-7-4-8-18-35)44-23-14-30-50(2)49(44)39-20-10-12-25-47(39)54-50/h3-25,27-33,49H,26H2,1-2H3. The maximum absolute atomic E-state index is 6.95. The first-order chi connectivity index (χ1) is 26.5. The quantitative estimate of drug-likeness (QED) is 0.177. The second kappa shape index (κ2) is 11.9. The van der Waals surface area contributed by atoms with Gasteiger partial charge in [-0.3, -0.25) is 0 Å². The molecule has 1 aromatic heterocycles. The second-order valence-corrected chi connectivity index (χ2v) is 16.9. The minimum atomic E-state index is -0.480. The topological polar surface area (TPSA) is 16.4 Å². The van der Waals surface area contributed by atoms with Crippen LogP contribution in [0.2, 0.25) is 0 Å². The van der Waals surface area contributed by atoms with Crippen LogP contribution in [0.1, 0.15) is 54.0 Å². The van der Waals surface area contributed by atoms with Gasteiger partial charge in [0.1, 0.15) is 11.2 Å². The summed E-state index contributed by atoms with van der Waals surface area (Å²) in [5, 5.41) is 2.31. The van der Waals surface area contributed by atoms with Crippen LogP contribution in [0.3, 0.4) is 0 Å². The number of furan rings is 1. The molecular formula is C51H39NOS. The van der Waals surface area contributed by atoms with Crippen molar-refractivity contribution in [3.05, 3.63) is 215 Å². The maximum Gasteiger partial charge on any atom is 0.137 e. The zero-order chi connectivity index (χ0) is 36.0. The van der Waals surface area contributed by atoms with E-state index in [1.165, 1.54) is 54.9 Å². The van der Waals surface area contributed by atoms with Crippen LogP contribution in [-0.2, 0) is 5.41 Å². The molecule has 0 amide bonds. The molecule has 2 nitrogen and oxygen atoms in total. The number of fused-ring (bicyclic) bond motifs is 9. The molecule has 3 aliphatic carbocycles. The third-order valence-electron chi connectivity index (χ3n) is 12.2. The zero-order valence-corrected chi connectivity index (χ0v) is 31.2. The molecule has 4 aliphatic rings. The van der Waals surface area contributed by atoms with Crippen LogP contribution in [0.15, 0.2) is 197 Å². The number of thioether (sulfide) groups is 1. The van der Waals surface area contributed by atoms with Gasteiger partial charge < -0.3 is 9.32 Å². The molecule has 0 spiro atoms. The molecule has 260 valence electrons. The van der Waals surface area contributed by atoms with E-state index >= 15 is 0 Å². The zero-order valence-electron chi connectivity index (χ0n) is 30.4. The Kier molecular flexibility index (Phi) is 6.97. The maximum atomic E-state index is 6.95. The van der Waals surface area contributed by atoms with Gasteiger partial charge in [-0.2, -0.15) is 0 Å². The Bertz CT molecular complexity index is 2770. The lowest BCUT2D eigenvalue weighted by Crippen LogP contribution is -2.33. The van der Waals surface area contributed by atoms with Gasteiger partial charge in [0.15, 0.2) is 0 Å². The number of allylic oxidation sites excluding steroid dienone is 7. The van der Waals surface area contributed by atoms with Gasteiger partial charge in [0.25, 0.3) is 0 Å². The van der Waals surface area contributed by atoms with Crippen molar-refractivity contribution in [2.24, 2.45) is 5.92 Å². The molecule has 0 saturated heterocycles. The number of hydrogen-bond acceptors (Lipinski definition) is 3. The van der Waals surface area contributed by atoms with Gasteiger partial charge in [0, 0.05) is 49.5 Å². The minimum absolute atomic E-state index is 0.0820. The van der Waals surface area contributed by atoms with Crippen LogP contribution in [-0.4, -0.2) is 4.75 Å². The number of nitrogens with zero attached hydrogens (tertiary/aromatic N) is 1. The Morgan fingerprint density at radius 1 is 0.722 bits per heavy atom. The average Bonchev–Trinajstić information content (AvgIpc) is 3.84. The molecule has 6 aromatic carbocycles. The highest BCUT2D eigenvalue weighted by molar-refractivity contribution is 8.01. The first kappa shape index (κ1) is 31.7. The Morgan fingerprint density at radius 3 is 2.35 bits per heavy atom. The van der Waals surface area contributed by atoms with Crippen molar-refractivity contribution in [1.29, 1.82) is 0 Å². The summed E-state index contributed by atoms with van der Waals surface area (Å²) in [4.78, 5) is 3.81. The summed E-state index contributed by atoms with van der Waals surface area (Å²) < 4.78 is 6.87. The summed E-state index contributed by atoms with van der Waals surface area (Å²) in [5.41, 5.74) is 14.2. The monoisotopic (exact) mass is 713 g/mol. The highest BCUT2D eigenvalue weighted by atomic mass is 32.2. The number of para-hydroxylation sites is 1. The molecule has 4 unspecified atom stereocenters. The molecule has 11 rings (SSSR count). The SMILES string of the molecule is CC1C=C2C(=CC1)C(c1ccccc1)(c1cccc3oc4cc(N(C5=CC=CC6(C)Sc7ccccc7C56)c5ccccc5)ccc4c13)c1ccccc12. The summed E-state index contributed by atoms with van der Waals surface area (Å²) in [7, 11) is 0. The Balaban J connectivity index is 1.14. The van der Waals surface area contributed by atoms with E-state index < -0.39 is 5.41 Å². The third kappa shape index (κ3) is 4.42. The lowest BCUT2D eigenvalue weighted by molar-refractivity contribution is 0.654. The fourth-order valence-corrected chi connectivity index (χ4v) is 11.4. The van der Waals surface area contributed by atoms with E-state index in [2.05, 4.69) is 195 Å². The van der Waals surface area contributed by atoms with Gasteiger partial charge in [0.05, 0.1) is 5.41 Å². The van der Waals surface area contributed by atoms with Crippen LogP contribution in [0, 0.1) is 5.92 Å². The number of benzene rings is 6. The van der Waals surface area contributed by atoms with E-state index in [1.54, 1.807) is 0 Å².